The topological polar surface area (TPSA) is 95.7 Å². The highest BCUT2D eigenvalue weighted by Crippen LogP contribution is 1.91. The highest BCUT2D eigenvalue weighted by Gasteiger charge is 2.05. The Morgan fingerprint density at radius 3 is 2.71 bits per heavy atom. The van der Waals surface area contributed by atoms with Crippen molar-refractivity contribution in [3.05, 3.63) is 6.42 Å². The normalized spacial score (nSPS) is 9.57. The first-order valence-corrected chi connectivity index (χ1v) is 4.30. The number of nitrogens with two attached hydrogens (primary N) is 1. The van der Waals surface area contributed by atoms with Crippen LogP contribution >= 0.6 is 0 Å². The van der Waals surface area contributed by atoms with E-state index in [1.165, 1.54) is 11.3 Å². The predicted octanol–water partition coefficient (Wildman–Crippen LogP) is -1.30. The summed E-state index contributed by atoms with van der Waals surface area (Å²) in [5, 5.41) is 10.9. The van der Waals surface area contributed by atoms with Gasteiger partial charge in [0.2, 0.25) is 5.91 Å². The van der Waals surface area contributed by atoms with E-state index in [0.717, 1.165) is 0 Å². The highest BCUT2D eigenvalue weighted by atomic mass is 16.3. The molecule has 0 atom stereocenters. The quantitative estimate of drug-likeness (QED) is 0.499. The van der Waals surface area contributed by atoms with Crippen molar-refractivity contribution >= 4 is 11.9 Å². The summed E-state index contributed by atoms with van der Waals surface area (Å²) in [6.07, 6.45) is 1.85. The van der Waals surface area contributed by atoms with Crippen LogP contribution in [0.5, 0.6) is 0 Å². The maximum atomic E-state index is 10.9. The Balaban J connectivity index is 3.44. The summed E-state index contributed by atoms with van der Waals surface area (Å²) in [5.74, 6) is -0.253. The summed E-state index contributed by atoms with van der Waals surface area (Å²) in [4.78, 5) is 22.8. The SMILES string of the molecule is CN(CC[CH]C(=O)NCCO)C(N)=O. The summed E-state index contributed by atoms with van der Waals surface area (Å²) < 4.78 is 0. The molecule has 1 radical (unpaired) electrons. The van der Waals surface area contributed by atoms with Gasteiger partial charge in [-0.05, 0) is 6.42 Å². The molecule has 0 bridgehead atoms. The molecule has 81 valence electrons. The number of hydrogen-bond donors (Lipinski definition) is 3. The molecule has 0 aromatic carbocycles. The first-order chi connectivity index (χ1) is 6.57. The molecule has 3 amide bonds. The standard InChI is InChI=1S/C8H16N3O3/c1-11(8(9)14)5-2-3-7(13)10-4-6-12/h3,12H,2,4-6H2,1H3,(H2,9,14)(H,10,13). The number of urea groups is 1. The van der Waals surface area contributed by atoms with Crippen molar-refractivity contribution in [2.75, 3.05) is 26.7 Å². The number of aliphatic hydroxyl groups excluding tert-OH is 1. The van der Waals surface area contributed by atoms with Crippen molar-refractivity contribution in [1.82, 2.24) is 10.2 Å². The molecule has 14 heavy (non-hydrogen) atoms. The second kappa shape index (κ2) is 7.14. The van der Waals surface area contributed by atoms with Gasteiger partial charge >= 0.3 is 6.03 Å². The van der Waals surface area contributed by atoms with Crippen molar-refractivity contribution < 1.29 is 14.7 Å². The van der Waals surface area contributed by atoms with Crippen LogP contribution in [0.3, 0.4) is 0 Å². The largest absolute Gasteiger partial charge is 0.395 e. The third-order valence-electron chi connectivity index (χ3n) is 1.58. The lowest BCUT2D eigenvalue weighted by Crippen LogP contribution is -2.34. The smallest absolute Gasteiger partial charge is 0.314 e. The first-order valence-electron chi connectivity index (χ1n) is 4.30. The molecule has 0 aliphatic rings. The molecule has 0 saturated heterocycles. The maximum Gasteiger partial charge on any atom is 0.314 e. The van der Waals surface area contributed by atoms with Gasteiger partial charge in [-0.1, -0.05) is 0 Å². The zero-order valence-electron chi connectivity index (χ0n) is 8.19. The molecule has 0 aromatic rings. The van der Waals surface area contributed by atoms with Crippen LogP contribution in [0, 0.1) is 6.42 Å². The monoisotopic (exact) mass is 202 g/mol. The summed E-state index contributed by atoms with van der Waals surface area (Å²) >= 11 is 0. The molecule has 0 aliphatic heterocycles. The first kappa shape index (κ1) is 12.7. The average molecular weight is 202 g/mol. The molecule has 4 N–H and O–H groups in total. The Morgan fingerprint density at radius 2 is 2.21 bits per heavy atom. The lowest BCUT2D eigenvalue weighted by Gasteiger charge is -2.12. The Hall–Kier alpha value is -1.30. The molecule has 0 heterocycles. The Kier molecular flexibility index (Phi) is 6.47. The number of carbonyl (C=O) groups is 2. The van der Waals surface area contributed by atoms with Crippen molar-refractivity contribution in [3.8, 4) is 0 Å². The third-order valence-corrected chi connectivity index (χ3v) is 1.58. The minimum Gasteiger partial charge on any atom is -0.395 e. The van der Waals surface area contributed by atoms with Crippen LogP contribution in [0.25, 0.3) is 0 Å². The number of hydrogen-bond acceptors (Lipinski definition) is 3. The van der Waals surface area contributed by atoms with Gasteiger partial charge < -0.3 is 21.1 Å². The summed E-state index contributed by atoms with van der Waals surface area (Å²) in [7, 11) is 1.56. The van der Waals surface area contributed by atoms with Crippen molar-refractivity contribution in [2.24, 2.45) is 5.73 Å². The number of amides is 3. The van der Waals surface area contributed by atoms with Gasteiger partial charge in [0.15, 0.2) is 0 Å². The molecule has 0 unspecified atom stereocenters. The second-order valence-corrected chi connectivity index (χ2v) is 2.77. The molecule has 0 spiro atoms. The van der Waals surface area contributed by atoms with Gasteiger partial charge in [-0.3, -0.25) is 4.79 Å². The minimum absolute atomic E-state index is 0.0826. The van der Waals surface area contributed by atoms with E-state index in [0.29, 0.717) is 13.0 Å². The van der Waals surface area contributed by atoms with Crippen molar-refractivity contribution in [2.45, 2.75) is 6.42 Å². The van der Waals surface area contributed by atoms with E-state index in [4.69, 9.17) is 10.8 Å². The van der Waals surface area contributed by atoms with E-state index in [1.807, 2.05) is 0 Å². The lowest BCUT2D eigenvalue weighted by atomic mass is 10.3. The summed E-state index contributed by atoms with van der Waals surface area (Å²) in [6.45, 7) is 0.559. The van der Waals surface area contributed by atoms with E-state index in [1.54, 1.807) is 7.05 Å². The van der Waals surface area contributed by atoms with Gasteiger partial charge in [0, 0.05) is 20.1 Å². The number of aliphatic hydroxyl groups is 1. The predicted molar refractivity (Wildman–Crippen MR) is 51.2 cm³/mol. The van der Waals surface area contributed by atoms with Crippen LogP contribution in [-0.2, 0) is 4.79 Å². The number of nitrogens with zero attached hydrogens (tertiary/aromatic N) is 1. The maximum absolute atomic E-state index is 10.9. The van der Waals surface area contributed by atoms with Gasteiger partial charge in [0.25, 0.3) is 0 Å². The van der Waals surface area contributed by atoms with Gasteiger partial charge in [-0.2, -0.15) is 0 Å². The molecule has 0 aromatic heterocycles. The fraction of sp³-hybridized carbons (Fsp3) is 0.625. The fourth-order valence-corrected chi connectivity index (χ4v) is 0.751. The van der Waals surface area contributed by atoms with Crippen LogP contribution in [0.2, 0.25) is 0 Å². The van der Waals surface area contributed by atoms with E-state index in [-0.39, 0.29) is 19.1 Å². The van der Waals surface area contributed by atoms with Gasteiger partial charge in [0.1, 0.15) is 0 Å². The van der Waals surface area contributed by atoms with E-state index >= 15 is 0 Å². The van der Waals surface area contributed by atoms with Crippen LogP contribution in [0.4, 0.5) is 4.79 Å². The lowest BCUT2D eigenvalue weighted by molar-refractivity contribution is -0.118. The van der Waals surface area contributed by atoms with Crippen LogP contribution in [0.1, 0.15) is 6.42 Å². The number of carbonyl (C=O) groups excluding carboxylic acids is 2. The van der Waals surface area contributed by atoms with Gasteiger partial charge in [-0.25, -0.2) is 4.79 Å². The number of rotatable bonds is 6. The molecular formula is C8H16N3O3. The van der Waals surface area contributed by atoms with E-state index in [2.05, 4.69) is 5.32 Å². The number of primary amides is 1. The molecule has 6 nitrogen and oxygen atoms in total. The van der Waals surface area contributed by atoms with E-state index < -0.39 is 6.03 Å². The third kappa shape index (κ3) is 6.24. The molecule has 0 saturated carbocycles. The van der Waals surface area contributed by atoms with Crippen molar-refractivity contribution in [1.29, 1.82) is 0 Å². The molecule has 6 heteroatoms. The second-order valence-electron chi connectivity index (χ2n) is 2.77. The zero-order chi connectivity index (χ0) is 11.0. The molecule has 0 rings (SSSR count). The highest BCUT2D eigenvalue weighted by molar-refractivity contribution is 5.84. The van der Waals surface area contributed by atoms with Crippen molar-refractivity contribution in [3.63, 3.8) is 0 Å². The Bertz CT molecular complexity index is 196. The summed E-state index contributed by atoms with van der Waals surface area (Å²) in [6, 6.07) is -0.519. The molecule has 0 fully saturated rings. The number of nitrogens with one attached hydrogen (secondary N) is 1. The van der Waals surface area contributed by atoms with E-state index in [9.17, 15) is 9.59 Å². The van der Waals surface area contributed by atoms with Gasteiger partial charge in [0.05, 0.1) is 13.0 Å². The van der Waals surface area contributed by atoms with Crippen LogP contribution < -0.4 is 11.1 Å². The fourth-order valence-electron chi connectivity index (χ4n) is 0.751. The van der Waals surface area contributed by atoms with Crippen LogP contribution in [-0.4, -0.2) is 48.7 Å². The summed E-state index contributed by atoms with van der Waals surface area (Å²) in [5.41, 5.74) is 4.97. The van der Waals surface area contributed by atoms with Gasteiger partial charge in [-0.15, -0.1) is 0 Å². The average Bonchev–Trinajstić information content (AvgIpc) is 2.14. The Labute approximate surface area is 83.1 Å². The van der Waals surface area contributed by atoms with Crippen LogP contribution in [0.15, 0.2) is 0 Å². The Morgan fingerprint density at radius 1 is 1.57 bits per heavy atom. The zero-order valence-corrected chi connectivity index (χ0v) is 8.19. The minimum atomic E-state index is -0.519. The molecular weight excluding hydrogens is 186 g/mol. The molecule has 0 aliphatic carbocycles.